The second-order valence-electron chi connectivity index (χ2n) is 8.25. The number of hydrogen-bond acceptors (Lipinski definition) is 9. The van der Waals surface area contributed by atoms with E-state index in [0.29, 0.717) is 0 Å². The third kappa shape index (κ3) is 13.5. The zero-order valence-electron chi connectivity index (χ0n) is 19.9. The van der Waals surface area contributed by atoms with E-state index in [1.807, 2.05) is 0 Å². The van der Waals surface area contributed by atoms with Crippen molar-refractivity contribution >= 4 is 54.2 Å². The minimum atomic E-state index is -1.42. The molecule has 204 valence electrons. The maximum atomic E-state index is 12.6. The van der Waals surface area contributed by atoms with Gasteiger partial charge >= 0.3 is 17.9 Å². The zero-order valence-corrected chi connectivity index (χ0v) is 20.7. The molecule has 16 heteroatoms. The summed E-state index contributed by atoms with van der Waals surface area (Å²) in [5.74, 6) is -7.78. The van der Waals surface area contributed by atoms with Gasteiger partial charge in [0.15, 0.2) is 0 Å². The lowest BCUT2D eigenvalue weighted by Crippen LogP contribution is -2.57. The van der Waals surface area contributed by atoms with Crippen molar-refractivity contribution in [3.8, 4) is 0 Å². The fraction of sp³-hybridized carbons (Fsp3) is 0.650. The first-order valence-electron chi connectivity index (χ1n) is 10.9. The van der Waals surface area contributed by atoms with Crippen molar-refractivity contribution in [2.24, 2.45) is 11.7 Å². The number of rotatable bonds is 17. The van der Waals surface area contributed by atoms with E-state index in [0.717, 1.165) is 0 Å². The molecule has 0 aliphatic rings. The number of carbonyl (C=O) groups excluding carboxylic acids is 4. The molecule has 0 rings (SSSR count). The Balaban J connectivity index is 5.21. The lowest BCUT2D eigenvalue weighted by molar-refractivity contribution is -0.143. The second-order valence-corrected chi connectivity index (χ2v) is 8.61. The summed E-state index contributed by atoms with van der Waals surface area (Å²) in [6, 6.07) is -5.39. The molecule has 0 fully saturated rings. The van der Waals surface area contributed by atoms with Crippen LogP contribution in [0.25, 0.3) is 0 Å². The van der Waals surface area contributed by atoms with Crippen LogP contribution in [0, 0.1) is 5.92 Å². The average Bonchev–Trinajstić information content (AvgIpc) is 2.76. The molecule has 0 aromatic carbocycles. The Kier molecular flexibility index (Phi) is 14.8. The summed E-state index contributed by atoms with van der Waals surface area (Å²) >= 11 is 3.97. The van der Waals surface area contributed by atoms with E-state index in [2.05, 4.69) is 33.9 Å². The van der Waals surface area contributed by atoms with E-state index < -0.39 is 85.1 Å². The number of amides is 4. The van der Waals surface area contributed by atoms with Crippen LogP contribution in [0.5, 0.6) is 0 Å². The first-order valence-corrected chi connectivity index (χ1v) is 11.5. The minimum absolute atomic E-state index is 0.0820. The van der Waals surface area contributed by atoms with E-state index in [-0.39, 0.29) is 24.5 Å². The standard InChI is InChI=1S/C20H33N5O10S/c1-9(2)5-12(20(34)35)25-18(32)11(3-4-15(27)28)24-19(33)13(8-36)23-14(26)7-22-17(31)10(21)6-16(29)30/h9-13,36H,3-8,21H2,1-2H3,(H,22,31)(H,23,26)(H,24,33)(H,25,32)(H,27,28)(H,29,30)(H,34,35)/t10-,11-,12-,13-/m0/s1. The molecule has 0 saturated carbocycles. The van der Waals surface area contributed by atoms with E-state index in [1.54, 1.807) is 13.8 Å². The first kappa shape index (κ1) is 32.6. The van der Waals surface area contributed by atoms with E-state index in [9.17, 15) is 38.7 Å². The lowest BCUT2D eigenvalue weighted by atomic mass is 10.0. The highest BCUT2D eigenvalue weighted by Crippen LogP contribution is 2.07. The monoisotopic (exact) mass is 535 g/mol. The van der Waals surface area contributed by atoms with Crippen LogP contribution < -0.4 is 27.0 Å². The van der Waals surface area contributed by atoms with Crippen LogP contribution in [0.1, 0.15) is 39.5 Å². The number of nitrogens with one attached hydrogen (secondary N) is 4. The Morgan fingerprint density at radius 3 is 1.83 bits per heavy atom. The molecular weight excluding hydrogens is 502 g/mol. The minimum Gasteiger partial charge on any atom is -0.481 e. The normalized spacial score (nSPS) is 14.0. The van der Waals surface area contributed by atoms with Gasteiger partial charge in [0.2, 0.25) is 23.6 Å². The molecule has 15 nitrogen and oxygen atoms in total. The molecule has 0 unspecified atom stereocenters. The van der Waals surface area contributed by atoms with Gasteiger partial charge in [-0.3, -0.25) is 28.8 Å². The zero-order chi connectivity index (χ0) is 28.0. The number of aliphatic carboxylic acids is 3. The Morgan fingerprint density at radius 1 is 0.806 bits per heavy atom. The molecule has 0 bridgehead atoms. The summed E-state index contributed by atoms with van der Waals surface area (Å²) in [7, 11) is 0. The SMILES string of the molecule is CC(C)C[C@H](NC(=O)[C@H](CCC(=O)O)NC(=O)[C@H](CS)NC(=O)CNC(=O)[C@@H](N)CC(=O)O)C(=O)O. The van der Waals surface area contributed by atoms with Crippen molar-refractivity contribution in [1.29, 1.82) is 0 Å². The van der Waals surface area contributed by atoms with Crippen LogP contribution in [0.3, 0.4) is 0 Å². The lowest BCUT2D eigenvalue weighted by Gasteiger charge is -2.24. The Bertz CT molecular complexity index is 838. The van der Waals surface area contributed by atoms with Crippen LogP contribution in [-0.2, 0) is 33.6 Å². The number of thiol groups is 1. The van der Waals surface area contributed by atoms with Crippen molar-refractivity contribution in [1.82, 2.24) is 21.3 Å². The molecular formula is C20H33N5O10S. The molecule has 4 amide bonds. The van der Waals surface area contributed by atoms with Crippen molar-refractivity contribution in [2.45, 2.75) is 63.7 Å². The summed E-state index contributed by atoms with van der Waals surface area (Å²) in [4.78, 5) is 82.1. The third-order valence-corrected chi connectivity index (χ3v) is 4.96. The highest BCUT2D eigenvalue weighted by atomic mass is 32.1. The molecule has 0 aromatic heterocycles. The topological polar surface area (TPSA) is 254 Å². The predicted octanol–water partition coefficient (Wildman–Crippen LogP) is -2.72. The van der Waals surface area contributed by atoms with Crippen LogP contribution in [0.4, 0.5) is 0 Å². The van der Waals surface area contributed by atoms with Crippen LogP contribution in [0.15, 0.2) is 0 Å². The fourth-order valence-electron chi connectivity index (χ4n) is 2.79. The first-order chi connectivity index (χ1) is 16.7. The van der Waals surface area contributed by atoms with Crippen LogP contribution in [0.2, 0.25) is 0 Å². The summed E-state index contributed by atoms with van der Waals surface area (Å²) in [6.07, 6.45) is -1.43. The van der Waals surface area contributed by atoms with Crippen molar-refractivity contribution in [3.63, 3.8) is 0 Å². The molecule has 9 N–H and O–H groups in total. The molecule has 0 aliphatic heterocycles. The van der Waals surface area contributed by atoms with Gasteiger partial charge in [0.05, 0.1) is 19.0 Å². The van der Waals surface area contributed by atoms with Gasteiger partial charge in [-0.05, 0) is 18.8 Å². The molecule has 0 radical (unpaired) electrons. The van der Waals surface area contributed by atoms with Crippen molar-refractivity contribution in [2.75, 3.05) is 12.3 Å². The Labute approximate surface area is 212 Å². The number of hydrogen-bond donors (Lipinski definition) is 9. The van der Waals surface area contributed by atoms with Crippen LogP contribution >= 0.6 is 12.6 Å². The number of carbonyl (C=O) groups is 7. The van der Waals surface area contributed by atoms with Gasteiger partial charge in [0.1, 0.15) is 18.1 Å². The molecule has 4 atom stereocenters. The van der Waals surface area contributed by atoms with E-state index in [1.165, 1.54) is 0 Å². The maximum Gasteiger partial charge on any atom is 0.326 e. The van der Waals surface area contributed by atoms with E-state index >= 15 is 0 Å². The van der Waals surface area contributed by atoms with Crippen molar-refractivity contribution in [3.05, 3.63) is 0 Å². The average molecular weight is 536 g/mol. The summed E-state index contributed by atoms with van der Waals surface area (Å²) < 4.78 is 0. The molecule has 0 saturated heterocycles. The van der Waals surface area contributed by atoms with Gasteiger partial charge in [0, 0.05) is 12.2 Å². The van der Waals surface area contributed by atoms with Gasteiger partial charge in [-0.2, -0.15) is 12.6 Å². The maximum absolute atomic E-state index is 12.6. The van der Waals surface area contributed by atoms with Crippen LogP contribution in [-0.4, -0.2) is 93.3 Å². The molecule has 0 aliphatic carbocycles. The summed E-state index contributed by atoms with van der Waals surface area (Å²) in [5.41, 5.74) is 5.38. The predicted molar refractivity (Wildman–Crippen MR) is 127 cm³/mol. The molecule has 0 aromatic rings. The largest absolute Gasteiger partial charge is 0.481 e. The summed E-state index contributed by atoms with van der Waals surface area (Å²) in [5, 5.41) is 35.8. The highest BCUT2D eigenvalue weighted by molar-refractivity contribution is 7.80. The quantitative estimate of drug-likeness (QED) is 0.0865. The highest BCUT2D eigenvalue weighted by Gasteiger charge is 2.30. The van der Waals surface area contributed by atoms with Gasteiger partial charge < -0.3 is 42.3 Å². The summed E-state index contributed by atoms with van der Waals surface area (Å²) in [6.45, 7) is 2.85. The molecule has 36 heavy (non-hydrogen) atoms. The number of carboxylic acids is 3. The van der Waals surface area contributed by atoms with E-state index in [4.69, 9.17) is 15.9 Å². The Hall–Kier alpha value is -3.40. The second kappa shape index (κ2) is 16.3. The molecule has 0 spiro atoms. The van der Waals surface area contributed by atoms with Gasteiger partial charge in [-0.15, -0.1) is 0 Å². The fourth-order valence-corrected chi connectivity index (χ4v) is 3.05. The number of carboxylic acid groups (broad SMARTS) is 3. The Morgan fingerprint density at radius 2 is 1.36 bits per heavy atom. The third-order valence-electron chi connectivity index (χ3n) is 4.59. The van der Waals surface area contributed by atoms with Gasteiger partial charge in [-0.1, -0.05) is 13.8 Å². The van der Waals surface area contributed by atoms with Crippen molar-refractivity contribution < 1.29 is 48.9 Å². The molecule has 0 heterocycles. The number of nitrogens with two attached hydrogens (primary N) is 1. The smallest absolute Gasteiger partial charge is 0.326 e. The van der Waals surface area contributed by atoms with Gasteiger partial charge in [0.25, 0.3) is 0 Å². The van der Waals surface area contributed by atoms with Gasteiger partial charge in [-0.25, -0.2) is 4.79 Å².